The molecule has 1 saturated heterocycles. The van der Waals surface area contributed by atoms with Gasteiger partial charge in [0.1, 0.15) is 29.2 Å². The molecule has 1 fully saturated rings. The molecule has 0 radical (unpaired) electrons. The van der Waals surface area contributed by atoms with E-state index < -0.39 is 39.7 Å². The van der Waals surface area contributed by atoms with Gasteiger partial charge < -0.3 is 24.5 Å². The van der Waals surface area contributed by atoms with Crippen LogP contribution in [0.4, 0.5) is 0 Å². The zero-order valence-corrected chi connectivity index (χ0v) is 24.3. The van der Waals surface area contributed by atoms with Crippen molar-refractivity contribution in [1.29, 1.82) is 0 Å². The van der Waals surface area contributed by atoms with Gasteiger partial charge in [0.05, 0.1) is 25.7 Å². The van der Waals surface area contributed by atoms with E-state index in [-0.39, 0.29) is 41.7 Å². The number of methoxy groups -OCH3 is 2. The monoisotopic (exact) mass is 585 g/mol. The van der Waals surface area contributed by atoms with Crippen LogP contribution in [0.2, 0.25) is 0 Å². The summed E-state index contributed by atoms with van der Waals surface area (Å²) < 4.78 is 44.9. The number of sulfonamides is 1. The topological polar surface area (TPSA) is 144 Å². The minimum absolute atomic E-state index is 0.0493. The van der Waals surface area contributed by atoms with E-state index >= 15 is 0 Å². The third-order valence-corrected chi connectivity index (χ3v) is 8.66. The Morgan fingerprint density at radius 3 is 2.54 bits per heavy atom. The highest BCUT2D eigenvalue weighted by atomic mass is 32.2. The molecular formula is C29H35N3O8S. The minimum atomic E-state index is -4.52. The standard InChI is InChI=1S/C29H35N3O8S/c1-18(2)13-23(31-28(34)27-15-19-14-21(39-4)10-11-26(19)40-27)29(35)32(24-9-6-12-30-17-25(24)33)41(36,37)22-8-5-7-20(16-22)38-3/h5,7-8,10-11,14-16,18,23-24,30H,6,9,12-13,17H2,1-4H3,(H,31,34)/t23-,24?/m0/s1. The molecule has 4 rings (SSSR count). The average Bonchev–Trinajstić information content (AvgIpc) is 3.28. The minimum Gasteiger partial charge on any atom is -0.497 e. The Morgan fingerprint density at radius 2 is 1.83 bits per heavy atom. The van der Waals surface area contributed by atoms with Crippen molar-refractivity contribution >= 4 is 38.6 Å². The molecule has 2 amide bonds. The van der Waals surface area contributed by atoms with E-state index in [4.69, 9.17) is 13.9 Å². The number of amides is 2. The van der Waals surface area contributed by atoms with Gasteiger partial charge in [-0.1, -0.05) is 19.9 Å². The first-order chi connectivity index (χ1) is 19.5. The molecule has 1 aliphatic rings. The number of ketones is 1. The van der Waals surface area contributed by atoms with Crippen LogP contribution < -0.4 is 20.1 Å². The summed E-state index contributed by atoms with van der Waals surface area (Å²) in [4.78, 5) is 40.5. The van der Waals surface area contributed by atoms with Gasteiger partial charge in [-0.15, -0.1) is 0 Å². The summed E-state index contributed by atoms with van der Waals surface area (Å²) in [6.45, 7) is 4.13. The van der Waals surface area contributed by atoms with Gasteiger partial charge in [-0.2, -0.15) is 0 Å². The first-order valence-electron chi connectivity index (χ1n) is 13.4. The van der Waals surface area contributed by atoms with Crippen molar-refractivity contribution in [3.63, 3.8) is 0 Å². The SMILES string of the molecule is COc1cccc(S(=O)(=O)N(C(=O)[C@H](CC(C)C)NC(=O)c2cc3cc(OC)ccc3o2)C2CCCNCC2=O)c1. The molecule has 2 aromatic carbocycles. The van der Waals surface area contributed by atoms with Crippen LogP contribution in [0.1, 0.15) is 43.7 Å². The highest BCUT2D eigenvalue weighted by Crippen LogP contribution is 2.28. The number of fused-ring (bicyclic) bond motifs is 1. The lowest BCUT2D eigenvalue weighted by Gasteiger charge is -2.33. The molecule has 1 unspecified atom stereocenters. The molecule has 12 heteroatoms. The number of rotatable bonds is 10. The second-order valence-corrected chi connectivity index (χ2v) is 12.1. The molecule has 0 aliphatic carbocycles. The van der Waals surface area contributed by atoms with Crippen LogP contribution >= 0.6 is 0 Å². The molecule has 3 aromatic rings. The van der Waals surface area contributed by atoms with Crippen molar-refractivity contribution in [3.8, 4) is 11.5 Å². The molecule has 0 bridgehead atoms. The third-order valence-electron chi connectivity index (χ3n) is 6.86. The Labute approximate surface area is 239 Å². The fraction of sp³-hybridized carbons (Fsp3) is 0.414. The van der Waals surface area contributed by atoms with Crippen LogP contribution in [0, 0.1) is 5.92 Å². The van der Waals surface area contributed by atoms with Gasteiger partial charge in [0, 0.05) is 11.5 Å². The molecule has 2 heterocycles. The lowest BCUT2D eigenvalue weighted by molar-refractivity contribution is -0.135. The summed E-state index contributed by atoms with van der Waals surface area (Å²) in [7, 11) is -1.60. The van der Waals surface area contributed by atoms with Crippen LogP contribution in [0.25, 0.3) is 11.0 Å². The van der Waals surface area contributed by atoms with Crippen molar-refractivity contribution in [2.75, 3.05) is 27.3 Å². The van der Waals surface area contributed by atoms with E-state index in [1.54, 1.807) is 24.3 Å². The molecule has 2 atom stereocenters. The summed E-state index contributed by atoms with van der Waals surface area (Å²) in [5, 5.41) is 6.28. The number of nitrogens with zero attached hydrogens (tertiary/aromatic N) is 1. The van der Waals surface area contributed by atoms with Crippen LogP contribution in [0.5, 0.6) is 11.5 Å². The number of nitrogens with one attached hydrogen (secondary N) is 2. The molecule has 11 nitrogen and oxygen atoms in total. The summed E-state index contributed by atoms with van der Waals surface area (Å²) in [6, 6.07) is 9.81. The van der Waals surface area contributed by atoms with Gasteiger partial charge in [-0.25, -0.2) is 12.7 Å². The first kappa shape index (κ1) is 30.1. The van der Waals surface area contributed by atoms with Crippen molar-refractivity contribution in [2.45, 2.75) is 50.1 Å². The fourth-order valence-electron chi connectivity index (χ4n) is 4.81. The van der Waals surface area contributed by atoms with Crippen LogP contribution in [0.3, 0.4) is 0 Å². The largest absolute Gasteiger partial charge is 0.497 e. The average molecular weight is 586 g/mol. The maximum atomic E-state index is 14.2. The first-order valence-corrected chi connectivity index (χ1v) is 14.8. The van der Waals surface area contributed by atoms with E-state index in [1.165, 1.54) is 38.5 Å². The summed E-state index contributed by atoms with van der Waals surface area (Å²) in [6.07, 6.45) is 0.758. The molecule has 0 saturated carbocycles. The fourth-order valence-corrected chi connectivity index (χ4v) is 6.47. The van der Waals surface area contributed by atoms with Crippen molar-refractivity contribution < 1.29 is 36.7 Å². The van der Waals surface area contributed by atoms with E-state index in [1.807, 2.05) is 13.8 Å². The number of Topliss-reactive ketones (excluding diaryl/α,β-unsaturated/α-hetero) is 1. The Bertz CT molecular complexity index is 1530. The second kappa shape index (κ2) is 12.7. The van der Waals surface area contributed by atoms with Gasteiger partial charge >= 0.3 is 0 Å². The number of carbonyl (C=O) groups is 3. The normalized spacial score (nSPS) is 16.7. The van der Waals surface area contributed by atoms with Crippen molar-refractivity contribution in [3.05, 3.63) is 54.3 Å². The molecule has 1 aromatic heterocycles. The van der Waals surface area contributed by atoms with E-state index in [9.17, 15) is 22.8 Å². The zero-order chi connectivity index (χ0) is 29.7. The molecule has 1 aliphatic heterocycles. The van der Waals surface area contributed by atoms with Gasteiger partial charge in [-0.3, -0.25) is 14.4 Å². The van der Waals surface area contributed by atoms with E-state index in [0.29, 0.717) is 34.0 Å². The van der Waals surface area contributed by atoms with Gasteiger partial charge in [-0.05, 0) is 68.1 Å². The maximum Gasteiger partial charge on any atom is 0.287 e. The Morgan fingerprint density at radius 1 is 1.10 bits per heavy atom. The summed E-state index contributed by atoms with van der Waals surface area (Å²) in [5.41, 5.74) is 0.446. The number of carbonyl (C=O) groups excluding carboxylic acids is 3. The van der Waals surface area contributed by atoms with Crippen molar-refractivity contribution in [1.82, 2.24) is 14.9 Å². The maximum absolute atomic E-state index is 14.2. The number of furan rings is 1. The zero-order valence-electron chi connectivity index (χ0n) is 23.5. The number of benzene rings is 2. The second-order valence-electron chi connectivity index (χ2n) is 10.3. The van der Waals surface area contributed by atoms with E-state index in [0.717, 1.165) is 0 Å². The quantitative estimate of drug-likeness (QED) is 0.367. The summed E-state index contributed by atoms with van der Waals surface area (Å²) in [5.74, 6) is -1.30. The lowest BCUT2D eigenvalue weighted by Crippen LogP contribution is -2.56. The van der Waals surface area contributed by atoms with Crippen LogP contribution in [0.15, 0.2) is 57.8 Å². The predicted octanol–water partition coefficient (Wildman–Crippen LogP) is 3.13. The summed E-state index contributed by atoms with van der Waals surface area (Å²) >= 11 is 0. The Balaban J connectivity index is 1.73. The molecule has 41 heavy (non-hydrogen) atoms. The highest BCUT2D eigenvalue weighted by molar-refractivity contribution is 7.89. The lowest BCUT2D eigenvalue weighted by atomic mass is 10.0. The predicted molar refractivity (Wildman–Crippen MR) is 151 cm³/mol. The number of ether oxygens (including phenoxy) is 2. The van der Waals surface area contributed by atoms with Crippen LogP contribution in [-0.4, -0.2) is 69.7 Å². The van der Waals surface area contributed by atoms with Gasteiger partial charge in [0.25, 0.3) is 21.8 Å². The van der Waals surface area contributed by atoms with Gasteiger partial charge in [0.2, 0.25) is 0 Å². The number of hydrogen-bond donors (Lipinski definition) is 2. The molecular weight excluding hydrogens is 550 g/mol. The Hall–Kier alpha value is -3.90. The highest BCUT2D eigenvalue weighted by Gasteiger charge is 2.43. The van der Waals surface area contributed by atoms with Crippen LogP contribution in [-0.2, 0) is 19.6 Å². The molecule has 220 valence electrons. The third kappa shape index (κ3) is 6.71. The van der Waals surface area contributed by atoms with Crippen molar-refractivity contribution in [2.24, 2.45) is 5.92 Å². The smallest absolute Gasteiger partial charge is 0.287 e. The molecule has 2 N–H and O–H groups in total. The van der Waals surface area contributed by atoms with Gasteiger partial charge in [0.15, 0.2) is 11.5 Å². The van der Waals surface area contributed by atoms with E-state index in [2.05, 4.69) is 10.6 Å². The Kier molecular flexibility index (Phi) is 9.34. The molecule has 0 spiro atoms. The number of hydrogen-bond acceptors (Lipinski definition) is 9.